The van der Waals surface area contributed by atoms with Gasteiger partial charge in [-0.15, -0.1) is 0 Å². The van der Waals surface area contributed by atoms with Crippen molar-refractivity contribution >= 4 is 10.2 Å². The van der Waals surface area contributed by atoms with Gasteiger partial charge in [-0.3, -0.25) is 4.90 Å². The van der Waals surface area contributed by atoms with Crippen LogP contribution in [0.2, 0.25) is 0 Å². The first-order chi connectivity index (χ1) is 11.9. The maximum Gasteiger partial charge on any atom is 0.281 e. The molecule has 0 unspecified atom stereocenters. The zero-order valence-electron chi connectivity index (χ0n) is 15.3. The zero-order chi connectivity index (χ0) is 18.1. The van der Waals surface area contributed by atoms with Crippen molar-refractivity contribution in [2.45, 2.75) is 19.4 Å². The van der Waals surface area contributed by atoms with E-state index in [0.717, 1.165) is 44.8 Å². The van der Waals surface area contributed by atoms with Gasteiger partial charge in [0, 0.05) is 53.3 Å². The molecule has 1 atom stereocenters. The summed E-state index contributed by atoms with van der Waals surface area (Å²) in [5.41, 5.74) is 0.126. The molecule has 0 saturated carbocycles. The van der Waals surface area contributed by atoms with Crippen LogP contribution in [0.3, 0.4) is 0 Å². The number of piperidine rings is 1. The van der Waals surface area contributed by atoms with E-state index in [2.05, 4.69) is 4.90 Å². The van der Waals surface area contributed by atoms with Crippen LogP contribution in [0.15, 0.2) is 22.8 Å². The largest absolute Gasteiger partial charge is 0.468 e. The van der Waals surface area contributed by atoms with Crippen LogP contribution in [0.4, 0.5) is 0 Å². The summed E-state index contributed by atoms with van der Waals surface area (Å²) in [6.45, 7) is 4.61. The van der Waals surface area contributed by atoms with Crippen LogP contribution in [0.5, 0.6) is 0 Å². The topological polar surface area (TPSA) is 66.2 Å². The van der Waals surface area contributed by atoms with Gasteiger partial charge in [0.15, 0.2) is 0 Å². The molecule has 2 fully saturated rings. The molecule has 3 heterocycles. The summed E-state index contributed by atoms with van der Waals surface area (Å²) in [6, 6.07) is 3.92. The summed E-state index contributed by atoms with van der Waals surface area (Å²) in [5.74, 6) is 1.40. The normalized spacial score (nSPS) is 25.2. The van der Waals surface area contributed by atoms with E-state index in [9.17, 15) is 8.42 Å². The zero-order valence-corrected chi connectivity index (χ0v) is 16.2. The first-order valence-electron chi connectivity index (χ1n) is 8.79. The van der Waals surface area contributed by atoms with Gasteiger partial charge in [0.1, 0.15) is 5.76 Å². The molecule has 2 saturated heterocycles. The number of hydrogen-bond acceptors (Lipinski definition) is 5. The van der Waals surface area contributed by atoms with Crippen LogP contribution in [0, 0.1) is 11.3 Å². The molecule has 0 bridgehead atoms. The number of methoxy groups -OCH3 is 1. The third kappa shape index (κ3) is 3.78. The van der Waals surface area contributed by atoms with E-state index in [1.54, 1.807) is 31.8 Å². The van der Waals surface area contributed by atoms with Crippen LogP contribution in [0.1, 0.15) is 18.6 Å². The van der Waals surface area contributed by atoms with Crippen LogP contribution >= 0.6 is 0 Å². The minimum atomic E-state index is -3.32. The molecular formula is C17H29N3O4S. The van der Waals surface area contributed by atoms with E-state index in [-0.39, 0.29) is 5.41 Å². The van der Waals surface area contributed by atoms with Crippen LogP contribution < -0.4 is 0 Å². The molecule has 0 radical (unpaired) electrons. The average Bonchev–Trinajstić information content (AvgIpc) is 3.18. The molecule has 1 aromatic rings. The number of likely N-dealkylation sites (tertiary alicyclic amines) is 1. The molecule has 7 nitrogen and oxygen atoms in total. The summed E-state index contributed by atoms with van der Waals surface area (Å²) in [7, 11) is 1.60. The van der Waals surface area contributed by atoms with Crippen LogP contribution in [-0.4, -0.2) is 75.9 Å². The van der Waals surface area contributed by atoms with Crippen molar-refractivity contribution in [2.24, 2.45) is 11.3 Å². The maximum absolute atomic E-state index is 12.4. The van der Waals surface area contributed by atoms with Crippen LogP contribution in [0.25, 0.3) is 0 Å². The summed E-state index contributed by atoms with van der Waals surface area (Å²) in [6.07, 6.45) is 3.46. The molecule has 1 spiro atoms. The minimum Gasteiger partial charge on any atom is -0.468 e. The number of hydrogen-bond donors (Lipinski definition) is 0. The van der Waals surface area contributed by atoms with E-state index in [1.165, 1.54) is 4.31 Å². The Morgan fingerprint density at radius 1 is 1.36 bits per heavy atom. The van der Waals surface area contributed by atoms with Crippen molar-refractivity contribution in [1.29, 1.82) is 0 Å². The Hall–Kier alpha value is -0.930. The highest BCUT2D eigenvalue weighted by Crippen LogP contribution is 2.45. The second-order valence-electron chi connectivity index (χ2n) is 7.45. The molecule has 0 aliphatic carbocycles. The van der Waals surface area contributed by atoms with Gasteiger partial charge in [0.05, 0.1) is 19.4 Å². The Morgan fingerprint density at radius 2 is 2.08 bits per heavy atom. The highest BCUT2D eigenvalue weighted by Gasteiger charge is 2.49. The van der Waals surface area contributed by atoms with Crippen molar-refractivity contribution in [3.63, 3.8) is 0 Å². The number of ether oxygens (including phenoxy) is 1. The van der Waals surface area contributed by atoms with E-state index in [1.807, 2.05) is 12.1 Å². The molecule has 25 heavy (non-hydrogen) atoms. The monoisotopic (exact) mass is 371 g/mol. The van der Waals surface area contributed by atoms with Crippen molar-refractivity contribution in [3.8, 4) is 0 Å². The predicted octanol–water partition coefficient (Wildman–Crippen LogP) is 1.25. The molecule has 0 N–H and O–H groups in total. The van der Waals surface area contributed by atoms with Crippen molar-refractivity contribution < 1.29 is 17.6 Å². The predicted molar refractivity (Wildman–Crippen MR) is 95.2 cm³/mol. The third-order valence-electron chi connectivity index (χ3n) is 5.72. The smallest absolute Gasteiger partial charge is 0.281 e. The Morgan fingerprint density at radius 3 is 2.64 bits per heavy atom. The highest BCUT2D eigenvalue weighted by atomic mass is 32.2. The van der Waals surface area contributed by atoms with Gasteiger partial charge < -0.3 is 9.15 Å². The molecule has 0 aromatic carbocycles. The van der Waals surface area contributed by atoms with E-state index >= 15 is 0 Å². The lowest BCUT2D eigenvalue weighted by Gasteiger charge is -2.42. The second-order valence-corrected chi connectivity index (χ2v) is 9.60. The second kappa shape index (κ2) is 7.36. The summed E-state index contributed by atoms with van der Waals surface area (Å²) in [5, 5.41) is 0. The fraction of sp³-hybridized carbons (Fsp3) is 0.765. The third-order valence-corrected chi connectivity index (χ3v) is 7.66. The van der Waals surface area contributed by atoms with Crippen molar-refractivity contribution in [2.75, 3.05) is 54.0 Å². The van der Waals surface area contributed by atoms with E-state index in [0.29, 0.717) is 19.0 Å². The van der Waals surface area contributed by atoms with Gasteiger partial charge in [0.25, 0.3) is 10.2 Å². The van der Waals surface area contributed by atoms with Crippen molar-refractivity contribution in [1.82, 2.24) is 13.5 Å². The van der Waals surface area contributed by atoms with Gasteiger partial charge in [-0.1, -0.05) is 0 Å². The molecule has 142 valence electrons. The number of rotatable bonds is 6. The maximum atomic E-state index is 12.4. The van der Waals surface area contributed by atoms with Gasteiger partial charge in [0.2, 0.25) is 0 Å². The Bertz CT molecular complexity index is 651. The minimum absolute atomic E-state index is 0.126. The quantitative estimate of drug-likeness (QED) is 0.753. The number of nitrogens with zero attached hydrogens (tertiary/aromatic N) is 3. The molecule has 0 amide bonds. The van der Waals surface area contributed by atoms with Gasteiger partial charge in [-0.25, -0.2) is 0 Å². The molecule has 8 heteroatoms. The van der Waals surface area contributed by atoms with Gasteiger partial charge in [-0.05, 0) is 30.4 Å². The summed E-state index contributed by atoms with van der Waals surface area (Å²) < 4.78 is 38.6. The fourth-order valence-electron chi connectivity index (χ4n) is 4.28. The summed E-state index contributed by atoms with van der Waals surface area (Å²) >= 11 is 0. The van der Waals surface area contributed by atoms with Crippen LogP contribution in [-0.2, 0) is 21.5 Å². The Balaban J connectivity index is 1.69. The first kappa shape index (κ1) is 18.8. The lowest BCUT2D eigenvalue weighted by Crippen LogP contribution is -2.50. The summed E-state index contributed by atoms with van der Waals surface area (Å²) in [4.78, 5) is 2.42. The molecular weight excluding hydrogens is 342 g/mol. The SMILES string of the molecule is COC[C@@H]1CN(Cc2ccco2)CC12CCN(S(=O)(=O)N(C)C)CC2. The van der Waals surface area contributed by atoms with Gasteiger partial charge >= 0.3 is 0 Å². The number of furan rings is 1. The fourth-order valence-corrected chi connectivity index (χ4v) is 5.38. The molecule has 2 aliphatic heterocycles. The Kier molecular flexibility index (Phi) is 5.55. The lowest BCUT2D eigenvalue weighted by atomic mass is 9.71. The lowest BCUT2D eigenvalue weighted by molar-refractivity contribution is 0.0558. The molecule has 3 rings (SSSR count). The highest BCUT2D eigenvalue weighted by molar-refractivity contribution is 7.86. The standard InChI is InChI=1S/C17H29N3O4S/c1-18(2)25(21,22)20-8-6-17(7-9-20)14-19(11-15(17)13-23-3)12-16-5-4-10-24-16/h4-5,10,15H,6-9,11-14H2,1-3H3/t15-/m0/s1. The van der Waals surface area contributed by atoms with Gasteiger partial charge in [-0.2, -0.15) is 17.0 Å². The average molecular weight is 372 g/mol. The van der Waals surface area contributed by atoms with Crippen molar-refractivity contribution in [3.05, 3.63) is 24.2 Å². The first-order valence-corrected chi connectivity index (χ1v) is 10.2. The van der Waals surface area contributed by atoms with E-state index < -0.39 is 10.2 Å². The Labute approximate surface area is 150 Å². The molecule has 1 aromatic heterocycles. The molecule has 2 aliphatic rings. The van der Waals surface area contributed by atoms with E-state index in [4.69, 9.17) is 9.15 Å².